The zero-order valence-electron chi connectivity index (χ0n) is 16.0. The molecule has 0 aromatic heterocycles. The molecule has 0 bridgehead atoms. The number of carbonyl (C=O) groups is 1. The Labute approximate surface area is 156 Å². The molecule has 1 amide bonds. The molecule has 0 aliphatic carbocycles. The van der Waals surface area contributed by atoms with Gasteiger partial charge in [0.25, 0.3) is 5.91 Å². The molecular weight excluding hydrogens is 328 g/mol. The summed E-state index contributed by atoms with van der Waals surface area (Å²) in [6.45, 7) is 6.66. The molecule has 0 saturated carbocycles. The Morgan fingerprint density at radius 1 is 1.19 bits per heavy atom. The first-order valence-corrected chi connectivity index (χ1v) is 9.86. The summed E-state index contributed by atoms with van der Waals surface area (Å²) < 4.78 is 0. The Morgan fingerprint density at radius 3 is 2.62 bits per heavy atom. The van der Waals surface area contributed by atoms with E-state index in [4.69, 9.17) is 0 Å². The minimum Gasteiger partial charge on any atom is -0.390 e. The van der Waals surface area contributed by atoms with Crippen molar-refractivity contribution in [2.45, 2.75) is 63.7 Å². The molecule has 1 aromatic carbocycles. The number of hydrogen-bond donors (Lipinski definition) is 2. The van der Waals surface area contributed by atoms with Crippen molar-refractivity contribution in [1.29, 1.82) is 0 Å². The average molecular weight is 360 g/mol. The number of benzene rings is 1. The Kier molecular flexibility index (Phi) is 6.00. The van der Waals surface area contributed by atoms with Gasteiger partial charge in [0.2, 0.25) is 0 Å². The number of nitrogens with zero attached hydrogens (tertiary/aromatic N) is 2. The molecule has 2 atom stereocenters. The van der Waals surface area contributed by atoms with Crippen molar-refractivity contribution in [3.05, 3.63) is 35.4 Å². The van der Waals surface area contributed by atoms with E-state index in [9.17, 15) is 15.0 Å². The number of aliphatic hydroxyl groups excluding tert-OH is 1. The average Bonchev–Trinajstić information content (AvgIpc) is 3.01. The van der Waals surface area contributed by atoms with Crippen LogP contribution in [-0.4, -0.2) is 69.8 Å². The predicted octanol–water partition coefficient (Wildman–Crippen LogP) is 2.06. The number of β-amino-alcohol motifs (C(OH)–C–C–N with tert-alkyl or cyclic N) is 1. The molecule has 5 heteroatoms. The summed E-state index contributed by atoms with van der Waals surface area (Å²) in [4.78, 5) is 17.1. The topological polar surface area (TPSA) is 64.0 Å². The van der Waals surface area contributed by atoms with Gasteiger partial charge in [-0.3, -0.25) is 9.69 Å². The van der Waals surface area contributed by atoms with Crippen molar-refractivity contribution in [3.63, 3.8) is 0 Å². The van der Waals surface area contributed by atoms with E-state index in [0.29, 0.717) is 25.1 Å². The van der Waals surface area contributed by atoms with Gasteiger partial charge >= 0.3 is 0 Å². The number of amides is 1. The number of carbonyl (C=O) groups excluding carboxylic acids is 1. The summed E-state index contributed by atoms with van der Waals surface area (Å²) in [5.41, 5.74) is 1.02. The van der Waals surface area contributed by atoms with Crippen LogP contribution < -0.4 is 0 Å². The van der Waals surface area contributed by atoms with Crippen LogP contribution in [0.15, 0.2) is 24.3 Å². The lowest BCUT2D eigenvalue weighted by Crippen LogP contribution is -2.46. The van der Waals surface area contributed by atoms with E-state index in [1.165, 1.54) is 19.3 Å². The van der Waals surface area contributed by atoms with Gasteiger partial charge in [0.1, 0.15) is 0 Å². The minimum atomic E-state index is -0.708. The molecule has 1 aromatic rings. The van der Waals surface area contributed by atoms with E-state index in [2.05, 4.69) is 4.90 Å². The maximum atomic E-state index is 12.9. The standard InChI is InChI=1S/C21H32N2O3/c1-21(2,26)10-9-16-7-6-8-17(13-16)20(25)23-14-18(19(24)15-23)22-11-4-3-5-12-22/h6-8,13,18-19,24,26H,3-5,9-12,14-15H2,1-2H3/t18-,19-/m0/s1. The van der Waals surface area contributed by atoms with Gasteiger partial charge in [-0.15, -0.1) is 0 Å². The first kappa shape index (κ1) is 19.3. The summed E-state index contributed by atoms with van der Waals surface area (Å²) in [5.74, 6) is -0.00586. The third-order valence-corrected chi connectivity index (χ3v) is 5.61. The minimum absolute atomic E-state index is 0.00586. The van der Waals surface area contributed by atoms with Gasteiger partial charge in [-0.2, -0.15) is 0 Å². The highest BCUT2D eigenvalue weighted by Gasteiger charge is 2.38. The molecule has 5 nitrogen and oxygen atoms in total. The fraction of sp³-hybridized carbons (Fsp3) is 0.667. The summed E-state index contributed by atoms with van der Waals surface area (Å²) in [6.07, 6.45) is 4.56. The Hall–Kier alpha value is -1.43. The zero-order valence-corrected chi connectivity index (χ0v) is 16.0. The van der Waals surface area contributed by atoms with Crippen LogP contribution in [0.5, 0.6) is 0 Å². The molecule has 2 aliphatic rings. The molecule has 3 rings (SSSR count). The second-order valence-corrected chi connectivity index (χ2v) is 8.45. The van der Waals surface area contributed by atoms with Crippen molar-refractivity contribution in [2.24, 2.45) is 0 Å². The van der Waals surface area contributed by atoms with Crippen LogP contribution in [0, 0.1) is 0 Å². The normalized spacial score (nSPS) is 24.8. The monoisotopic (exact) mass is 360 g/mol. The summed E-state index contributed by atoms with van der Waals surface area (Å²) in [7, 11) is 0. The maximum absolute atomic E-state index is 12.9. The summed E-state index contributed by atoms with van der Waals surface area (Å²) >= 11 is 0. The van der Waals surface area contributed by atoms with E-state index in [1.807, 2.05) is 24.3 Å². The lowest BCUT2D eigenvalue weighted by molar-refractivity contribution is 0.0702. The fourth-order valence-electron chi connectivity index (χ4n) is 4.04. The molecule has 2 aliphatic heterocycles. The van der Waals surface area contributed by atoms with E-state index in [0.717, 1.165) is 25.1 Å². The Balaban J connectivity index is 1.64. The van der Waals surface area contributed by atoms with Crippen molar-refractivity contribution >= 4 is 5.91 Å². The van der Waals surface area contributed by atoms with Gasteiger partial charge in [0.15, 0.2) is 0 Å². The van der Waals surface area contributed by atoms with Crippen LogP contribution in [0.1, 0.15) is 55.5 Å². The second kappa shape index (κ2) is 8.07. The molecule has 0 unspecified atom stereocenters. The van der Waals surface area contributed by atoms with Gasteiger partial charge in [0.05, 0.1) is 17.7 Å². The summed E-state index contributed by atoms with van der Waals surface area (Å²) in [6, 6.07) is 7.74. The molecule has 0 radical (unpaired) electrons. The van der Waals surface area contributed by atoms with Crippen LogP contribution in [0.2, 0.25) is 0 Å². The quantitative estimate of drug-likeness (QED) is 0.844. The van der Waals surface area contributed by atoms with Crippen LogP contribution >= 0.6 is 0 Å². The van der Waals surface area contributed by atoms with Crippen molar-refractivity contribution < 1.29 is 15.0 Å². The molecule has 0 spiro atoms. The summed E-state index contributed by atoms with van der Waals surface area (Å²) in [5, 5.41) is 20.4. The van der Waals surface area contributed by atoms with Gasteiger partial charge in [-0.1, -0.05) is 18.6 Å². The van der Waals surface area contributed by atoms with Gasteiger partial charge < -0.3 is 15.1 Å². The highest BCUT2D eigenvalue weighted by Crippen LogP contribution is 2.23. The third-order valence-electron chi connectivity index (χ3n) is 5.61. The van der Waals surface area contributed by atoms with Gasteiger partial charge in [-0.25, -0.2) is 0 Å². The predicted molar refractivity (Wildman–Crippen MR) is 102 cm³/mol. The van der Waals surface area contributed by atoms with Gasteiger partial charge in [0, 0.05) is 18.7 Å². The molecule has 26 heavy (non-hydrogen) atoms. The fourth-order valence-corrected chi connectivity index (χ4v) is 4.04. The number of aryl methyl sites for hydroxylation is 1. The van der Waals surface area contributed by atoms with Crippen LogP contribution in [-0.2, 0) is 6.42 Å². The van der Waals surface area contributed by atoms with Crippen molar-refractivity contribution in [3.8, 4) is 0 Å². The highest BCUT2D eigenvalue weighted by atomic mass is 16.3. The van der Waals surface area contributed by atoms with Crippen molar-refractivity contribution in [1.82, 2.24) is 9.80 Å². The first-order chi connectivity index (χ1) is 12.3. The van der Waals surface area contributed by atoms with Crippen molar-refractivity contribution in [2.75, 3.05) is 26.2 Å². The molecule has 144 valence electrons. The molecule has 2 N–H and O–H groups in total. The molecular formula is C21H32N2O3. The van der Waals surface area contributed by atoms with E-state index < -0.39 is 11.7 Å². The van der Waals surface area contributed by atoms with E-state index in [1.54, 1.807) is 18.7 Å². The number of hydrogen-bond acceptors (Lipinski definition) is 4. The molecule has 2 saturated heterocycles. The SMILES string of the molecule is CC(C)(O)CCc1cccc(C(=O)N2C[C@H](O)[C@@H](N3CCCCC3)C2)c1. The lowest BCUT2D eigenvalue weighted by atomic mass is 9.98. The smallest absolute Gasteiger partial charge is 0.254 e. The van der Waals surface area contributed by atoms with Crippen LogP contribution in [0.25, 0.3) is 0 Å². The number of rotatable bonds is 5. The second-order valence-electron chi connectivity index (χ2n) is 8.45. The third kappa shape index (κ3) is 4.84. The van der Waals surface area contributed by atoms with E-state index in [-0.39, 0.29) is 11.9 Å². The zero-order chi connectivity index (χ0) is 18.7. The maximum Gasteiger partial charge on any atom is 0.254 e. The van der Waals surface area contributed by atoms with Gasteiger partial charge in [-0.05, 0) is 70.3 Å². The molecule has 2 fully saturated rings. The first-order valence-electron chi connectivity index (χ1n) is 9.86. The van der Waals surface area contributed by atoms with Crippen LogP contribution in [0.4, 0.5) is 0 Å². The Bertz CT molecular complexity index is 620. The lowest BCUT2D eigenvalue weighted by Gasteiger charge is -2.33. The van der Waals surface area contributed by atoms with E-state index >= 15 is 0 Å². The van der Waals surface area contributed by atoms with Crippen LogP contribution in [0.3, 0.4) is 0 Å². The highest BCUT2D eigenvalue weighted by molar-refractivity contribution is 5.94. The number of aliphatic hydroxyl groups is 2. The number of piperidine rings is 1. The molecule has 2 heterocycles. The Morgan fingerprint density at radius 2 is 1.92 bits per heavy atom. The number of likely N-dealkylation sites (tertiary alicyclic amines) is 2. The largest absolute Gasteiger partial charge is 0.390 e.